The third-order valence-electron chi connectivity index (χ3n) is 3.04. The van der Waals surface area contributed by atoms with Gasteiger partial charge in [0, 0.05) is 22.4 Å². The number of para-hydroxylation sites is 1. The number of rotatable bonds is 7. The maximum absolute atomic E-state index is 9.84. The lowest BCUT2D eigenvalue weighted by molar-refractivity contribution is -0.0137. The predicted molar refractivity (Wildman–Crippen MR) is 83.4 cm³/mol. The van der Waals surface area contributed by atoms with Crippen molar-refractivity contribution in [2.24, 2.45) is 0 Å². The standard InChI is InChI=1S/C14H20INO3/c15-13-5-1-2-6-14(13)16-8-11(17)9-18-10-12-4-3-7-19-12/h1-2,5-6,11-12,16-17H,3-4,7-10H2. The lowest BCUT2D eigenvalue weighted by Gasteiger charge is -2.15. The number of hydrogen-bond acceptors (Lipinski definition) is 4. The molecule has 1 fully saturated rings. The van der Waals surface area contributed by atoms with Gasteiger partial charge in [0.25, 0.3) is 0 Å². The molecule has 0 amide bonds. The van der Waals surface area contributed by atoms with Crippen LogP contribution in [-0.2, 0) is 9.47 Å². The molecule has 0 bridgehead atoms. The van der Waals surface area contributed by atoms with Crippen molar-refractivity contribution in [3.63, 3.8) is 0 Å². The van der Waals surface area contributed by atoms with Crippen LogP contribution in [0.4, 0.5) is 5.69 Å². The Morgan fingerprint density at radius 3 is 3.05 bits per heavy atom. The van der Waals surface area contributed by atoms with Crippen LogP contribution >= 0.6 is 22.6 Å². The highest BCUT2D eigenvalue weighted by Gasteiger charge is 2.16. The number of nitrogens with one attached hydrogen (secondary N) is 1. The minimum Gasteiger partial charge on any atom is -0.389 e. The highest BCUT2D eigenvalue weighted by molar-refractivity contribution is 14.1. The molecule has 0 saturated carbocycles. The van der Waals surface area contributed by atoms with Gasteiger partial charge in [-0.25, -0.2) is 0 Å². The average Bonchev–Trinajstić information content (AvgIpc) is 2.91. The molecule has 0 aromatic heterocycles. The van der Waals surface area contributed by atoms with Gasteiger partial charge in [-0.2, -0.15) is 0 Å². The van der Waals surface area contributed by atoms with Crippen molar-refractivity contribution in [2.75, 3.05) is 31.7 Å². The van der Waals surface area contributed by atoms with E-state index in [1.165, 1.54) is 0 Å². The van der Waals surface area contributed by atoms with Crippen molar-refractivity contribution < 1.29 is 14.6 Å². The monoisotopic (exact) mass is 377 g/mol. The fourth-order valence-corrected chi connectivity index (χ4v) is 2.58. The molecule has 1 aromatic rings. The van der Waals surface area contributed by atoms with Crippen molar-refractivity contribution in [1.82, 2.24) is 0 Å². The van der Waals surface area contributed by atoms with Crippen LogP contribution in [0.3, 0.4) is 0 Å². The normalized spacial score (nSPS) is 20.4. The zero-order valence-electron chi connectivity index (χ0n) is 10.8. The van der Waals surface area contributed by atoms with Gasteiger partial charge in [0.15, 0.2) is 0 Å². The van der Waals surface area contributed by atoms with Gasteiger partial charge in [-0.05, 0) is 47.6 Å². The van der Waals surface area contributed by atoms with E-state index < -0.39 is 6.10 Å². The Bertz CT molecular complexity index is 383. The molecule has 1 aliphatic heterocycles. The SMILES string of the molecule is OC(CNc1ccccc1I)COCC1CCCO1. The average molecular weight is 377 g/mol. The molecule has 2 rings (SSSR count). The number of hydrogen-bond donors (Lipinski definition) is 2. The summed E-state index contributed by atoms with van der Waals surface area (Å²) in [6.45, 7) is 2.26. The van der Waals surface area contributed by atoms with E-state index in [2.05, 4.69) is 27.9 Å². The fraction of sp³-hybridized carbons (Fsp3) is 0.571. The predicted octanol–water partition coefficient (Wildman–Crippen LogP) is 2.26. The summed E-state index contributed by atoms with van der Waals surface area (Å²) in [4.78, 5) is 0. The van der Waals surface area contributed by atoms with Crippen LogP contribution in [0.5, 0.6) is 0 Å². The van der Waals surface area contributed by atoms with Crippen molar-refractivity contribution in [3.8, 4) is 0 Å². The second kappa shape index (κ2) is 8.04. The second-order valence-electron chi connectivity index (χ2n) is 4.69. The smallest absolute Gasteiger partial charge is 0.0945 e. The highest BCUT2D eigenvalue weighted by Crippen LogP contribution is 2.16. The molecule has 1 saturated heterocycles. The fourth-order valence-electron chi connectivity index (χ4n) is 2.00. The van der Waals surface area contributed by atoms with E-state index in [0.717, 1.165) is 28.7 Å². The molecule has 4 nitrogen and oxygen atoms in total. The van der Waals surface area contributed by atoms with E-state index in [4.69, 9.17) is 9.47 Å². The van der Waals surface area contributed by atoms with Gasteiger partial charge in [0.2, 0.25) is 0 Å². The van der Waals surface area contributed by atoms with Crippen LogP contribution in [-0.4, -0.2) is 43.7 Å². The van der Waals surface area contributed by atoms with E-state index in [1.807, 2.05) is 24.3 Å². The molecular formula is C14H20INO3. The van der Waals surface area contributed by atoms with E-state index >= 15 is 0 Å². The summed E-state index contributed by atoms with van der Waals surface area (Å²) in [7, 11) is 0. The molecule has 1 aromatic carbocycles. The van der Waals surface area contributed by atoms with Crippen LogP contribution < -0.4 is 5.32 Å². The largest absolute Gasteiger partial charge is 0.389 e. The number of benzene rings is 1. The third kappa shape index (κ3) is 5.25. The lowest BCUT2D eigenvalue weighted by atomic mass is 10.2. The van der Waals surface area contributed by atoms with Gasteiger partial charge < -0.3 is 19.9 Å². The van der Waals surface area contributed by atoms with Gasteiger partial charge in [0.05, 0.1) is 25.4 Å². The molecule has 1 heterocycles. The summed E-state index contributed by atoms with van der Waals surface area (Å²) < 4.78 is 12.1. The molecule has 19 heavy (non-hydrogen) atoms. The van der Waals surface area contributed by atoms with Crippen LogP contribution in [0, 0.1) is 3.57 Å². The van der Waals surface area contributed by atoms with Gasteiger partial charge >= 0.3 is 0 Å². The van der Waals surface area contributed by atoms with Gasteiger partial charge in [-0.15, -0.1) is 0 Å². The molecule has 0 spiro atoms. The quantitative estimate of drug-likeness (QED) is 0.716. The van der Waals surface area contributed by atoms with Crippen LogP contribution in [0.1, 0.15) is 12.8 Å². The van der Waals surface area contributed by atoms with Crippen molar-refractivity contribution >= 4 is 28.3 Å². The summed E-state index contributed by atoms with van der Waals surface area (Å²) in [5, 5.41) is 13.1. The molecule has 5 heteroatoms. The molecule has 2 unspecified atom stereocenters. The van der Waals surface area contributed by atoms with Crippen LogP contribution in [0.2, 0.25) is 0 Å². The van der Waals surface area contributed by atoms with Crippen LogP contribution in [0.15, 0.2) is 24.3 Å². The lowest BCUT2D eigenvalue weighted by Crippen LogP contribution is -2.27. The Balaban J connectivity index is 1.61. The first-order chi connectivity index (χ1) is 9.25. The van der Waals surface area contributed by atoms with Crippen LogP contribution in [0.25, 0.3) is 0 Å². The summed E-state index contributed by atoms with van der Waals surface area (Å²) in [5.41, 5.74) is 1.04. The number of anilines is 1. The first kappa shape index (κ1) is 15.0. The Labute approximate surface area is 127 Å². The zero-order valence-corrected chi connectivity index (χ0v) is 13.0. The van der Waals surface area contributed by atoms with Gasteiger partial charge in [-0.3, -0.25) is 0 Å². The molecule has 106 valence electrons. The summed E-state index contributed by atoms with van der Waals surface area (Å²) >= 11 is 2.27. The highest BCUT2D eigenvalue weighted by atomic mass is 127. The number of aliphatic hydroxyl groups excluding tert-OH is 1. The number of ether oxygens (including phenoxy) is 2. The van der Waals surface area contributed by atoms with Gasteiger partial charge in [0.1, 0.15) is 0 Å². The number of halogens is 1. The van der Waals surface area contributed by atoms with E-state index in [9.17, 15) is 5.11 Å². The molecule has 2 N–H and O–H groups in total. The molecule has 2 atom stereocenters. The second-order valence-corrected chi connectivity index (χ2v) is 5.85. The topological polar surface area (TPSA) is 50.7 Å². The van der Waals surface area contributed by atoms with E-state index in [-0.39, 0.29) is 6.10 Å². The number of aliphatic hydroxyl groups is 1. The first-order valence-electron chi connectivity index (χ1n) is 6.61. The molecule has 1 aliphatic rings. The van der Waals surface area contributed by atoms with Crippen molar-refractivity contribution in [1.29, 1.82) is 0 Å². The zero-order chi connectivity index (χ0) is 13.5. The van der Waals surface area contributed by atoms with E-state index in [1.54, 1.807) is 0 Å². The summed E-state index contributed by atoms with van der Waals surface area (Å²) in [5.74, 6) is 0. The Hall–Kier alpha value is -0.370. The third-order valence-corrected chi connectivity index (χ3v) is 3.98. The Morgan fingerprint density at radius 1 is 1.47 bits per heavy atom. The van der Waals surface area contributed by atoms with Crippen molar-refractivity contribution in [2.45, 2.75) is 25.0 Å². The van der Waals surface area contributed by atoms with E-state index in [0.29, 0.717) is 19.8 Å². The Kier molecular flexibility index (Phi) is 6.36. The minimum atomic E-state index is -0.502. The maximum Gasteiger partial charge on any atom is 0.0945 e. The first-order valence-corrected chi connectivity index (χ1v) is 7.69. The molecular weight excluding hydrogens is 357 g/mol. The molecule has 0 aliphatic carbocycles. The van der Waals surface area contributed by atoms with Crippen molar-refractivity contribution in [3.05, 3.63) is 27.8 Å². The molecule has 0 radical (unpaired) electrons. The summed E-state index contributed by atoms with van der Waals surface area (Å²) in [6, 6.07) is 8.00. The summed E-state index contributed by atoms with van der Waals surface area (Å²) in [6.07, 6.45) is 1.90. The minimum absolute atomic E-state index is 0.218. The Morgan fingerprint density at radius 2 is 2.32 bits per heavy atom. The maximum atomic E-state index is 9.84. The van der Waals surface area contributed by atoms with Gasteiger partial charge in [-0.1, -0.05) is 12.1 Å².